The number of nitrogens with zero attached hydrogens (tertiary/aromatic N) is 1. The van der Waals surface area contributed by atoms with Gasteiger partial charge in [0.15, 0.2) is 0 Å². The second kappa shape index (κ2) is 8.39. The Kier molecular flexibility index (Phi) is 6.13. The first kappa shape index (κ1) is 20.5. The van der Waals surface area contributed by atoms with E-state index in [-0.39, 0.29) is 0 Å². The normalized spacial score (nSPS) is 17.9. The Hall–Kier alpha value is -2.28. The minimum absolute atomic E-state index is 0.297. The molecule has 2 aromatic carbocycles. The zero-order chi connectivity index (χ0) is 20.3. The summed E-state index contributed by atoms with van der Waals surface area (Å²) in [7, 11) is 0. The van der Waals surface area contributed by atoms with Crippen molar-refractivity contribution < 1.29 is 0 Å². The molecule has 0 radical (unpaired) electrons. The summed E-state index contributed by atoms with van der Waals surface area (Å²) in [5, 5.41) is 0. The van der Waals surface area contributed by atoms with E-state index in [1.54, 1.807) is 0 Å². The summed E-state index contributed by atoms with van der Waals surface area (Å²) in [4.78, 5) is 2.38. The molecule has 2 aromatic rings. The molecule has 3 rings (SSSR count). The average Bonchev–Trinajstić information content (AvgIpc) is 2.69. The number of anilines is 2. The van der Waals surface area contributed by atoms with E-state index in [1.165, 1.54) is 34.6 Å². The number of hydrogen-bond donors (Lipinski definition) is 0. The van der Waals surface area contributed by atoms with Crippen molar-refractivity contribution in [3.8, 4) is 0 Å². The molecule has 1 aliphatic carbocycles. The van der Waals surface area contributed by atoms with Crippen molar-refractivity contribution in [1.82, 2.24) is 0 Å². The fourth-order valence-electron chi connectivity index (χ4n) is 3.75. The quantitative estimate of drug-likeness (QED) is 0.511. The molecule has 0 saturated heterocycles. The minimum atomic E-state index is 0.297. The van der Waals surface area contributed by atoms with Crippen molar-refractivity contribution in [2.75, 3.05) is 4.90 Å². The largest absolute Gasteiger partial charge is 0.311 e. The zero-order valence-electron chi connectivity index (χ0n) is 18.4. The van der Waals surface area contributed by atoms with Gasteiger partial charge in [-0.3, -0.25) is 0 Å². The summed E-state index contributed by atoms with van der Waals surface area (Å²) in [5.41, 5.74) is 6.70. The standard InChI is InChI=1S/C27H35N/c1-7-21(3)22-10-16-25(17-11-22)28(24-14-8-20(2)9-15-24)26-18-12-23(13-19-26)27(4,5)6/h8-12,14-19,21,23H,7,13H2,1-6H3. The van der Waals surface area contributed by atoms with Crippen LogP contribution in [0.1, 0.15) is 64.5 Å². The van der Waals surface area contributed by atoms with Crippen LogP contribution >= 0.6 is 0 Å². The molecule has 2 unspecified atom stereocenters. The van der Waals surface area contributed by atoms with Crippen LogP contribution in [-0.4, -0.2) is 0 Å². The van der Waals surface area contributed by atoms with Crippen LogP contribution in [0.4, 0.5) is 11.4 Å². The first-order chi connectivity index (χ1) is 13.3. The van der Waals surface area contributed by atoms with E-state index in [2.05, 4.69) is 113 Å². The van der Waals surface area contributed by atoms with Gasteiger partial charge in [-0.25, -0.2) is 0 Å². The highest BCUT2D eigenvalue weighted by molar-refractivity contribution is 5.70. The lowest BCUT2D eigenvalue weighted by Gasteiger charge is -2.33. The molecular formula is C27H35N. The maximum atomic E-state index is 2.40. The molecule has 1 aliphatic rings. The lowest BCUT2D eigenvalue weighted by Crippen LogP contribution is -2.22. The summed E-state index contributed by atoms with van der Waals surface area (Å²) in [5.74, 6) is 1.19. The molecule has 148 valence electrons. The molecule has 0 bridgehead atoms. The Morgan fingerprint density at radius 3 is 2.00 bits per heavy atom. The summed E-state index contributed by atoms with van der Waals surface area (Å²) in [6, 6.07) is 18.0. The van der Waals surface area contributed by atoms with Gasteiger partial charge in [0, 0.05) is 17.1 Å². The lowest BCUT2D eigenvalue weighted by atomic mass is 9.77. The van der Waals surface area contributed by atoms with Crippen LogP contribution in [0.5, 0.6) is 0 Å². The van der Waals surface area contributed by atoms with Crippen LogP contribution in [0.3, 0.4) is 0 Å². The van der Waals surface area contributed by atoms with Gasteiger partial charge in [0.2, 0.25) is 0 Å². The highest BCUT2D eigenvalue weighted by Gasteiger charge is 2.25. The van der Waals surface area contributed by atoms with Crippen LogP contribution in [0.2, 0.25) is 0 Å². The number of allylic oxidation sites excluding steroid dienone is 3. The van der Waals surface area contributed by atoms with Crippen molar-refractivity contribution in [1.29, 1.82) is 0 Å². The summed E-state index contributed by atoms with van der Waals surface area (Å²) in [6.45, 7) is 13.7. The molecule has 28 heavy (non-hydrogen) atoms. The first-order valence-corrected chi connectivity index (χ1v) is 10.6. The zero-order valence-corrected chi connectivity index (χ0v) is 18.4. The number of aryl methyl sites for hydroxylation is 1. The average molecular weight is 374 g/mol. The van der Waals surface area contributed by atoms with Crippen molar-refractivity contribution in [3.63, 3.8) is 0 Å². The SMILES string of the molecule is CCC(C)c1ccc(N(C2=CCC(C(C)(C)C)C=C2)c2ccc(C)cc2)cc1. The molecule has 1 heteroatoms. The minimum Gasteiger partial charge on any atom is -0.311 e. The lowest BCUT2D eigenvalue weighted by molar-refractivity contribution is 0.293. The number of hydrogen-bond acceptors (Lipinski definition) is 1. The van der Waals surface area contributed by atoms with Gasteiger partial charge in [0.05, 0.1) is 0 Å². The molecule has 0 N–H and O–H groups in total. The van der Waals surface area contributed by atoms with Gasteiger partial charge < -0.3 is 4.90 Å². The molecule has 0 fully saturated rings. The molecule has 0 saturated carbocycles. The van der Waals surface area contributed by atoms with Gasteiger partial charge in [-0.15, -0.1) is 0 Å². The van der Waals surface area contributed by atoms with E-state index < -0.39 is 0 Å². The number of rotatable bonds is 5. The molecule has 0 amide bonds. The molecule has 0 heterocycles. The Morgan fingerprint density at radius 1 is 0.964 bits per heavy atom. The topological polar surface area (TPSA) is 3.24 Å². The Morgan fingerprint density at radius 2 is 1.54 bits per heavy atom. The maximum absolute atomic E-state index is 2.40. The van der Waals surface area contributed by atoms with Crippen molar-refractivity contribution >= 4 is 11.4 Å². The summed E-state index contributed by atoms with van der Waals surface area (Å²) in [6.07, 6.45) is 9.36. The Balaban J connectivity index is 1.96. The second-order valence-electron chi connectivity index (χ2n) is 9.27. The molecule has 2 atom stereocenters. The van der Waals surface area contributed by atoms with Crippen molar-refractivity contribution in [3.05, 3.63) is 83.6 Å². The van der Waals surface area contributed by atoms with Gasteiger partial charge in [0.25, 0.3) is 0 Å². The van der Waals surface area contributed by atoms with Gasteiger partial charge in [-0.2, -0.15) is 0 Å². The highest BCUT2D eigenvalue weighted by Crippen LogP contribution is 2.38. The third-order valence-electron chi connectivity index (χ3n) is 6.08. The fraction of sp³-hybridized carbons (Fsp3) is 0.407. The predicted molar refractivity (Wildman–Crippen MR) is 123 cm³/mol. The second-order valence-corrected chi connectivity index (χ2v) is 9.27. The van der Waals surface area contributed by atoms with E-state index in [9.17, 15) is 0 Å². The van der Waals surface area contributed by atoms with E-state index in [0.717, 1.165) is 6.42 Å². The van der Waals surface area contributed by atoms with Gasteiger partial charge in [0.1, 0.15) is 0 Å². The van der Waals surface area contributed by atoms with Crippen LogP contribution in [0.15, 0.2) is 72.5 Å². The van der Waals surface area contributed by atoms with Crippen LogP contribution in [0, 0.1) is 18.3 Å². The monoisotopic (exact) mass is 373 g/mol. The van der Waals surface area contributed by atoms with Crippen molar-refractivity contribution in [2.45, 2.75) is 60.3 Å². The van der Waals surface area contributed by atoms with E-state index in [4.69, 9.17) is 0 Å². The van der Waals surface area contributed by atoms with Gasteiger partial charge in [-0.05, 0) is 72.9 Å². The van der Waals surface area contributed by atoms with Gasteiger partial charge in [-0.1, -0.05) is 76.6 Å². The van der Waals surface area contributed by atoms with Gasteiger partial charge >= 0.3 is 0 Å². The van der Waals surface area contributed by atoms with Crippen molar-refractivity contribution in [2.24, 2.45) is 11.3 Å². The van der Waals surface area contributed by atoms with E-state index >= 15 is 0 Å². The van der Waals surface area contributed by atoms with Crippen LogP contribution in [-0.2, 0) is 0 Å². The molecule has 0 aliphatic heterocycles. The molecule has 1 nitrogen and oxygen atoms in total. The Bertz CT molecular complexity index is 831. The highest BCUT2D eigenvalue weighted by atomic mass is 15.1. The molecular weight excluding hydrogens is 338 g/mol. The summed E-state index contributed by atoms with van der Waals surface area (Å²) < 4.78 is 0. The van der Waals surface area contributed by atoms with E-state index in [0.29, 0.717) is 17.3 Å². The molecule has 0 spiro atoms. The Labute approximate surface area is 171 Å². The third-order valence-corrected chi connectivity index (χ3v) is 6.08. The maximum Gasteiger partial charge on any atom is 0.0461 e. The molecule has 0 aromatic heterocycles. The van der Waals surface area contributed by atoms with E-state index in [1.807, 2.05) is 0 Å². The predicted octanol–water partition coefficient (Wildman–Crippen LogP) is 8.15. The third kappa shape index (κ3) is 4.58. The smallest absolute Gasteiger partial charge is 0.0461 e. The fourth-order valence-corrected chi connectivity index (χ4v) is 3.75. The van der Waals surface area contributed by atoms with Crippen LogP contribution in [0.25, 0.3) is 0 Å². The summed E-state index contributed by atoms with van der Waals surface area (Å²) >= 11 is 0. The number of benzene rings is 2. The first-order valence-electron chi connectivity index (χ1n) is 10.6. The van der Waals surface area contributed by atoms with Crippen LogP contribution < -0.4 is 4.90 Å².